The van der Waals surface area contributed by atoms with Gasteiger partial charge in [0.1, 0.15) is 22.7 Å². The highest BCUT2D eigenvalue weighted by atomic mass is 16.5. The lowest BCUT2D eigenvalue weighted by Crippen LogP contribution is -2.37. The second-order valence-electron chi connectivity index (χ2n) is 10.1. The zero-order valence-corrected chi connectivity index (χ0v) is 20.3. The van der Waals surface area contributed by atoms with E-state index in [9.17, 15) is 4.79 Å². The molecule has 1 saturated heterocycles. The van der Waals surface area contributed by atoms with Crippen LogP contribution in [0.3, 0.4) is 0 Å². The molecular formula is C26H35N5O2. The van der Waals surface area contributed by atoms with E-state index in [1.807, 2.05) is 35.2 Å². The topological polar surface area (TPSA) is 75.4 Å². The summed E-state index contributed by atoms with van der Waals surface area (Å²) in [7, 11) is 0. The van der Waals surface area contributed by atoms with E-state index in [0.29, 0.717) is 18.7 Å². The van der Waals surface area contributed by atoms with Gasteiger partial charge >= 0.3 is 0 Å². The summed E-state index contributed by atoms with van der Waals surface area (Å²) in [6.45, 7) is 11.5. The third-order valence-electron chi connectivity index (χ3n) is 5.99. The molecule has 1 aliphatic rings. The van der Waals surface area contributed by atoms with Crippen LogP contribution in [0.25, 0.3) is 22.4 Å². The molecule has 0 spiro atoms. The lowest BCUT2D eigenvalue weighted by molar-refractivity contribution is -0.132. The van der Waals surface area contributed by atoms with Crippen LogP contribution in [0.2, 0.25) is 0 Å². The first-order valence-corrected chi connectivity index (χ1v) is 12.1. The monoisotopic (exact) mass is 449 g/mol. The minimum atomic E-state index is -0.0108. The van der Waals surface area contributed by atoms with Crippen LogP contribution in [0.4, 0.5) is 5.82 Å². The summed E-state index contributed by atoms with van der Waals surface area (Å²) < 4.78 is 5.71. The van der Waals surface area contributed by atoms with E-state index >= 15 is 0 Å². The smallest absolute Gasteiger partial charge is 0.263 e. The van der Waals surface area contributed by atoms with Crippen molar-refractivity contribution >= 4 is 22.8 Å². The largest absolute Gasteiger partial charge is 0.354 e. The Morgan fingerprint density at radius 3 is 2.58 bits per heavy atom. The number of aryl methyl sites for hydroxylation is 1. The fourth-order valence-corrected chi connectivity index (χ4v) is 4.29. The number of benzene rings is 1. The average molecular weight is 450 g/mol. The summed E-state index contributed by atoms with van der Waals surface area (Å²) in [5.74, 6) is 1.90. The molecule has 1 amide bonds. The number of anilines is 1. The number of carbonyl (C=O) groups is 1. The molecule has 0 bridgehead atoms. The van der Waals surface area contributed by atoms with E-state index in [-0.39, 0.29) is 11.3 Å². The number of hydrogen-bond donors (Lipinski definition) is 0. The Labute approximate surface area is 196 Å². The van der Waals surface area contributed by atoms with Gasteiger partial charge in [0, 0.05) is 44.6 Å². The molecule has 0 saturated carbocycles. The van der Waals surface area contributed by atoms with E-state index in [0.717, 1.165) is 73.6 Å². The normalized spacial score (nSPS) is 15.2. The van der Waals surface area contributed by atoms with Gasteiger partial charge < -0.3 is 14.3 Å². The molecule has 0 N–H and O–H groups in total. The van der Waals surface area contributed by atoms with Crippen LogP contribution in [-0.4, -0.2) is 52.1 Å². The van der Waals surface area contributed by atoms with Crippen LogP contribution in [0.1, 0.15) is 59.2 Å². The Hall–Kier alpha value is -2.96. The van der Waals surface area contributed by atoms with Crippen molar-refractivity contribution in [1.82, 2.24) is 20.0 Å². The van der Waals surface area contributed by atoms with Gasteiger partial charge in [0.2, 0.25) is 5.91 Å². The number of carbonyl (C=O) groups excluding carboxylic acids is 1. The predicted molar refractivity (Wildman–Crippen MR) is 131 cm³/mol. The van der Waals surface area contributed by atoms with Crippen molar-refractivity contribution in [3.63, 3.8) is 0 Å². The summed E-state index contributed by atoms with van der Waals surface area (Å²) in [5, 5.41) is 5.24. The Morgan fingerprint density at radius 1 is 1.06 bits per heavy atom. The van der Waals surface area contributed by atoms with Gasteiger partial charge in [-0.15, -0.1) is 0 Å². The van der Waals surface area contributed by atoms with Gasteiger partial charge in [-0.25, -0.2) is 4.98 Å². The first kappa shape index (κ1) is 23.2. The fourth-order valence-electron chi connectivity index (χ4n) is 4.29. The molecule has 0 radical (unpaired) electrons. The average Bonchev–Trinajstić information content (AvgIpc) is 3.05. The minimum Gasteiger partial charge on any atom is -0.354 e. The zero-order valence-electron chi connectivity index (χ0n) is 20.3. The first-order valence-electron chi connectivity index (χ1n) is 12.1. The zero-order chi connectivity index (χ0) is 23.4. The number of aromatic nitrogens is 3. The molecule has 176 valence electrons. The van der Waals surface area contributed by atoms with Gasteiger partial charge in [-0.05, 0) is 18.3 Å². The van der Waals surface area contributed by atoms with Crippen LogP contribution in [-0.2, 0) is 11.2 Å². The molecular weight excluding hydrogens is 414 g/mol. The van der Waals surface area contributed by atoms with E-state index < -0.39 is 0 Å². The van der Waals surface area contributed by atoms with E-state index in [1.165, 1.54) is 0 Å². The summed E-state index contributed by atoms with van der Waals surface area (Å²) >= 11 is 0. The number of nitrogens with zero attached hydrogens (tertiary/aromatic N) is 5. The molecule has 7 nitrogen and oxygen atoms in total. The Kier molecular flexibility index (Phi) is 6.96. The van der Waals surface area contributed by atoms with Gasteiger partial charge in [0.05, 0.1) is 0 Å². The summed E-state index contributed by atoms with van der Waals surface area (Å²) in [6.07, 6.45) is 4.38. The van der Waals surface area contributed by atoms with Crippen molar-refractivity contribution in [2.24, 2.45) is 5.41 Å². The molecule has 1 aliphatic heterocycles. The third kappa shape index (κ3) is 5.52. The van der Waals surface area contributed by atoms with Gasteiger partial charge in [0.15, 0.2) is 0 Å². The lowest BCUT2D eigenvalue weighted by atomic mass is 9.91. The highest BCUT2D eigenvalue weighted by Gasteiger charge is 2.27. The van der Waals surface area contributed by atoms with Crippen molar-refractivity contribution in [2.45, 2.75) is 59.8 Å². The van der Waals surface area contributed by atoms with Gasteiger partial charge in [0.25, 0.3) is 5.71 Å². The SMILES string of the molecule is CCCCc1nc(N2CCCN(C(=O)CC(C)(C)C)CC2)c2c(-c3ccccc3)noc2n1. The first-order chi connectivity index (χ1) is 15.9. The van der Waals surface area contributed by atoms with E-state index in [1.54, 1.807) is 0 Å². The quantitative estimate of drug-likeness (QED) is 0.521. The van der Waals surface area contributed by atoms with Crippen molar-refractivity contribution < 1.29 is 9.32 Å². The number of hydrogen-bond acceptors (Lipinski definition) is 6. The molecule has 4 rings (SSSR count). The highest BCUT2D eigenvalue weighted by molar-refractivity contribution is 5.98. The predicted octanol–water partition coefficient (Wildman–Crippen LogP) is 5.10. The molecule has 0 unspecified atom stereocenters. The van der Waals surface area contributed by atoms with Crippen LogP contribution in [0.5, 0.6) is 0 Å². The van der Waals surface area contributed by atoms with Gasteiger partial charge in [-0.1, -0.05) is 69.6 Å². The molecule has 7 heteroatoms. The molecule has 2 aromatic heterocycles. The number of amides is 1. The van der Waals surface area contributed by atoms with Crippen molar-refractivity contribution in [1.29, 1.82) is 0 Å². The van der Waals surface area contributed by atoms with E-state index in [2.05, 4.69) is 42.7 Å². The number of rotatable bonds is 6. The second kappa shape index (κ2) is 9.89. The molecule has 0 atom stereocenters. The van der Waals surface area contributed by atoms with Crippen LogP contribution in [0, 0.1) is 5.41 Å². The van der Waals surface area contributed by atoms with Crippen molar-refractivity contribution in [3.05, 3.63) is 36.2 Å². The number of fused-ring (bicyclic) bond motifs is 1. The Bertz CT molecular complexity index is 1090. The number of unbranched alkanes of at least 4 members (excludes halogenated alkanes) is 1. The van der Waals surface area contributed by atoms with Crippen LogP contribution < -0.4 is 4.90 Å². The van der Waals surface area contributed by atoms with Gasteiger partial charge in [-0.2, -0.15) is 4.98 Å². The Balaban J connectivity index is 1.68. The maximum Gasteiger partial charge on any atom is 0.263 e. The second-order valence-corrected chi connectivity index (χ2v) is 10.1. The summed E-state index contributed by atoms with van der Waals surface area (Å²) in [6, 6.07) is 10.0. The molecule has 1 fully saturated rings. The summed E-state index contributed by atoms with van der Waals surface area (Å²) in [5.41, 5.74) is 2.28. The fraction of sp³-hybridized carbons (Fsp3) is 0.538. The molecule has 33 heavy (non-hydrogen) atoms. The standard InChI is InChI=1S/C26H35N5O2/c1-5-6-13-20-27-24(22-23(29-33-25(22)28-20)19-11-8-7-9-12-19)31-15-10-14-30(16-17-31)21(32)18-26(2,3)4/h7-9,11-12H,5-6,10,13-18H2,1-4H3. The Morgan fingerprint density at radius 2 is 1.85 bits per heavy atom. The molecule has 1 aromatic carbocycles. The van der Waals surface area contributed by atoms with Gasteiger partial charge in [-0.3, -0.25) is 4.79 Å². The van der Waals surface area contributed by atoms with Crippen LogP contribution >= 0.6 is 0 Å². The molecule has 3 aromatic rings. The van der Waals surface area contributed by atoms with Crippen molar-refractivity contribution in [3.8, 4) is 11.3 Å². The molecule has 0 aliphatic carbocycles. The van der Waals surface area contributed by atoms with Crippen LogP contribution in [0.15, 0.2) is 34.9 Å². The highest BCUT2D eigenvalue weighted by Crippen LogP contribution is 2.34. The lowest BCUT2D eigenvalue weighted by Gasteiger charge is -2.26. The third-order valence-corrected chi connectivity index (χ3v) is 5.99. The minimum absolute atomic E-state index is 0.0108. The maximum atomic E-state index is 12.8. The summed E-state index contributed by atoms with van der Waals surface area (Å²) in [4.78, 5) is 26.8. The van der Waals surface area contributed by atoms with Crippen molar-refractivity contribution in [2.75, 3.05) is 31.1 Å². The molecule has 3 heterocycles. The maximum absolute atomic E-state index is 12.8. The van der Waals surface area contributed by atoms with E-state index in [4.69, 9.17) is 9.51 Å².